The molecular formula is C14H18ClNO3S2. The van der Waals surface area contributed by atoms with Crippen LogP contribution in [0.5, 0.6) is 0 Å². The number of benzene rings is 1. The van der Waals surface area contributed by atoms with Crippen LogP contribution in [0.1, 0.15) is 24.2 Å². The van der Waals surface area contributed by atoms with Crippen molar-refractivity contribution < 1.29 is 13.2 Å². The summed E-state index contributed by atoms with van der Waals surface area (Å²) in [5.41, 5.74) is 1.11. The number of hydrogen-bond donors (Lipinski definition) is 1. The van der Waals surface area contributed by atoms with Crippen molar-refractivity contribution in [1.82, 2.24) is 5.32 Å². The molecule has 1 N–H and O–H groups in total. The maximum absolute atomic E-state index is 11.9. The zero-order valence-electron chi connectivity index (χ0n) is 11.7. The predicted octanol–water partition coefficient (Wildman–Crippen LogP) is 2.44. The molecule has 1 heterocycles. The Labute approximate surface area is 134 Å². The zero-order chi connectivity index (χ0) is 15.5. The Bertz CT molecular complexity index is 601. The summed E-state index contributed by atoms with van der Waals surface area (Å²) in [5.74, 6) is 0.450. The molecule has 0 radical (unpaired) electrons. The molecule has 2 rings (SSSR count). The monoisotopic (exact) mass is 347 g/mol. The van der Waals surface area contributed by atoms with Gasteiger partial charge in [0.25, 0.3) is 0 Å². The molecular weight excluding hydrogens is 330 g/mol. The first-order chi connectivity index (χ1) is 9.85. The first kappa shape index (κ1) is 16.6. The molecule has 1 aromatic rings. The van der Waals surface area contributed by atoms with Gasteiger partial charge in [-0.1, -0.05) is 23.7 Å². The van der Waals surface area contributed by atoms with Gasteiger partial charge in [0.15, 0.2) is 9.84 Å². The average Bonchev–Trinajstić information content (AvgIpc) is 2.76. The van der Waals surface area contributed by atoms with Gasteiger partial charge in [0.2, 0.25) is 5.91 Å². The van der Waals surface area contributed by atoms with E-state index in [-0.39, 0.29) is 28.7 Å². The van der Waals surface area contributed by atoms with Crippen LogP contribution in [0.3, 0.4) is 0 Å². The van der Waals surface area contributed by atoms with E-state index >= 15 is 0 Å². The van der Waals surface area contributed by atoms with Gasteiger partial charge in [-0.25, -0.2) is 8.42 Å². The molecule has 0 aromatic heterocycles. The summed E-state index contributed by atoms with van der Waals surface area (Å²) in [7, 11) is -2.95. The summed E-state index contributed by atoms with van der Waals surface area (Å²) < 4.78 is 22.7. The zero-order valence-corrected chi connectivity index (χ0v) is 14.1. The average molecular weight is 348 g/mol. The SMILES string of the molecule is CC(SCC(=O)NC1CCS(=O)(=O)C1)c1ccc(Cl)cc1. The fourth-order valence-electron chi connectivity index (χ4n) is 2.21. The van der Waals surface area contributed by atoms with Crippen LogP contribution in [0.25, 0.3) is 0 Å². The normalized spacial score (nSPS) is 21.9. The van der Waals surface area contributed by atoms with E-state index in [1.807, 2.05) is 31.2 Å². The van der Waals surface area contributed by atoms with Gasteiger partial charge in [0.1, 0.15) is 0 Å². The van der Waals surface area contributed by atoms with Crippen molar-refractivity contribution in [3.05, 3.63) is 34.9 Å². The Kier molecular flexibility index (Phi) is 5.57. The molecule has 4 nitrogen and oxygen atoms in total. The second-order valence-electron chi connectivity index (χ2n) is 5.17. The van der Waals surface area contributed by atoms with Crippen molar-refractivity contribution in [2.75, 3.05) is 17.3 Å². The largest absolute Gasteiger partial charge is 0.352 e. The Balaban J connectivity index is 1.77. The van der Waals surface area contributed by atoms with Gasteiger partial charge in [0.05, 0.1) is 17.3 Å². The predicted molar refractivity (Wildman–Crippen MR) is 87.5 cm³/mol. The summed E-state index contributed by atoms with van der Waals surface area (Å²) >= 11 is 7.36. The molecule has 116 valence electrons. The molecule has 1 aliphatic heterocycles. The van der Waals surface area contributed by atoms with Crippen LogP contribution in [-0.2, 0) is 14.6 Å². The van der Waals surface area contributed by atoms with Crippen molar-refractivity contribution >= 4 is 39.1 Å². The summed E-state index contributed by atoms with van der Waals surface area (Å²) in [4.78, 5) is 11.9. The van der Waals surface area contributed by atoms with Gasteiger partial charge in [-0.05, 0) is 31.0 Å². The third-order valence-corrected chi connectivity index (χ3v) is 6.62. The van der Waals surface area contributed by atoms with E-state index in [2.05, 4.69) is 5.32 Å². The third kappa shape index (κ3) is 5.20. The molecule has 2 atom stereocenters. The van der Waals surface area contributed by atoms with Crippen LogP contribution in [0.15, 0.2) is 24.3 Å². The molecule has 1 fully saturated rings. The second kappa shape index (κ2) is 7.03. The number of amides is 1. The molecule has 1 aromatic carbocycles. The molecule has 0 spiro atoms. The summed E-state index contributed by atoms with van der Waals surface area (Å²) in [6.07, 6.45) is 0.519. The lowest BCUT2D eigenvalue weighted by Gasteiger charge is -2.14. The Morgan fingerprint density at radius 1 is 1.43 bits per heavy atom. The van der Waals surface area contributed by atoms with Gasteiger partial charge in [0, 0.05) is 16.3 Å². The standard InChI is InChI=1S/C14H18ClNO3S2/c1-10(11-2-4-12(15)5-3-11)20-8-14(17)16-13-6-7-21(18,19)9-13/h2-5,10,13H,6-9H2,1H3,(H,16,17). The highest BCUT2D eigenvalue weighted by atomic mass is 35.5. The highest BCUT2D eigenvalue weighted by Crippen LogP contribution is 2.28. The van der Waals surface area contributed by atoms with Gasteiger partial charge in [-0.15, -0.1) is 11.8 Å². The van der Waals surface area contributed by atoms with Crippen LogP contribution in [0, 0.1) is 0 Å². The van der Waals surface area contributed by atoms with E-state index in [1.165, 1.54) is 11.8 Å². The summed E-state index contributed by atoms with van der Waals surface area (Å²) in [6.45, 7) is 2.03. The highest BCUT2D eigenvalue weighted by Gasteiger charge is 2.28. The fraction of sp³-hybridized carbons (Fsp3) is 0.500. The minimum atomic E-state index is -2.95. The lowest BCUT2D eigenvalue weighted by molar-refractivity contribution is -0.119. The van der Waals surface area contributed by atoms with Crippen molar-refractivity contribution in [2.45, 2.75) is 24.6 Å². The minimum absolute atomic E-state index is 0.0656. The maximum atomic E-state index is 11.9. The molecule has 0 saturated carbocycles. The molecule has 2 unspecified atom stereocenters. The molecule has 1 amide bonds. The van der Waals surface area contributed by atoms with Crippen LogP contribution >= 0.6 is 23.4 Å². The molecule has 1 saturated heterocycles. The van der Waals surface area contributed by atoms with E-state index in [0.717, 1.165) is 5.56 Å². The lowest BCUT2D eigenvalue weighted by atomic mass is 10.2. The minimum Gasteiger partial charge on any atom is -0.352 e. The number of carbonyl (C=O) groups is 1. The highest BCUT2D eigenvalue weighted by molar-refractivity contribution is 8.00. The number of nitrogens with one attached hydrogen (secondary N) is 1. The Morgan fingerprint density at radius 3 is 2.67 bits per heavy atom. The van der Waals surface area contributed by atoms with Crippen LogP contribution < -0.4 is 5.32 Å². The van der Waals surface area contributed by atoms with Crippen LogP contribution in [0.4, 0.5) is 0 Å². The summed E-state index contributed by atoms with van der Waals surface area (Å²) in [6, 6.07) is 7.33. The number of halogens is 1. The van der Waals surface area contributed by atoms with Gasteiger partial charge >= 0.3 is 0 Å². The van der Waals surface area contributed by atoms with Gasteiger partial charge in [-0.2, -0.15) is 0 Å². The van der Waals surface area contributed by atoms with Crippen molar-refractivity contribution in [1.29, 1.82) is 0 Å². The maximum Gasteiger partial charge on any atom is 0.230 e. The van der Waals surface area contributed by atoms with E-state index < -0.39 is 9.84 Å². The first-order valence-electron chi connectivity index (χ1n) is 6.72. The van der Waals surface area contributed by atoms with E-state index in [0.29, 0.717) is 17.2 Å². The Hall–Kier alpha value is -0.720. The van der Waals surface area contributed by atoms with Crippen LogP contribution in [-0.4, -0.2) is 37.6 Å². The quantitative estimate of drug-likeness (QED) is 0.888. The first-order valence-corrected chi connectivity index (χ1v) is 9.97. The molecule has 0 bridgehead atoms. The van der Waals surface area contributed by atoms with Crippen molar-refractivity contribution in [3.8, 4) is 0 Å². The smallest absolute Gasteiger partial charge is 0.230 e. The molecule has 0 aliphatic carbocycles. The van der Waals surface area contributed by atoms with Gasteiger partial charge in [-0.3, -0.25) is 4.79 Å². The van der Waals surface area contributed by atoms with Crippen molar-refractivity contribution in [3.63, 3.8) is 0 Å². The van der Waals surface area contributed by atoms with E-state index in [4.69, 9.17) is 11.6 Å². The summed E-state index contributed by atoms with van der Waals surface area (Å²) in [5, 5.41) is 3.66. The van der Waals surface area contributed by atoms with Crippen LogP contribution in [0.2, 0.25) is 5.02 Å². The molecule has 1 aliphatic rings. The lowest BCUT2D eigenvalue weighted by Crippen LogP contribution is -2.36. The number of thioether (sulfide) groups is 1. The van der Waals surface area contributed by atoms with E-state index in [9.17, 15) is 13.2 Å². The topological polar surface area (TPSA) is 63.2 Å². The number of sulfone groups is 1. The van der Waals surface area contributed by atoms with Crippen molar-refractivity contribution in [2.24, 2.45) is 0 Å². The fourth-order valence-corrected chi connectivity index (χ4v) is 4.84. The molecule has 21 heavy (non-hydrogen) atoms. The molecule has 7 heteroatoms. The Morgan fingerprint density at radius 2 is 2.10 bits per heavy atom. The number of hydrogen-bond acceptors (Lipinski definition) is 4. The third-order valence-electron chi connectivity index (χ3n) is 3.40. The second-order valence-corrected chi connectivity index (χ2v) is 9.17. The number of rotatable bonds is 5. The number of carbonyl (C=O) groups excluding carboxylic acids is 1. The van der Waals surface area contributed by atoms with Gasteiger partial charge < -0.3 is 5.32 Å². The van der Waals surface area contributed by atoms with E-state index in [1.54, 1.807) is 0 Å².